The van der Waals surface area contributed by atoms with Gasteiger partial charge in [-0.2, -0.15) is 0 Å². The van der Waals surface area contributed by atoms with Crippen LogP contribution in [0, 0.1) is 11.6 Å². The molecular formula is C11H10F4N2O. The number of hydrogen-bond donors (Lipinski definition) is 1. The Hall–Kier alpha value is -1.63. The van der Waals surface area contributed by atoms with E-state index in [2.05, 4.69) is 14.7 Å². The highest BCUT2D eigenvalue weighted by atomic mass is 19.3. The van der Waals surface area contributed by atoms with E-state index in [4.69, 9.17) is 0 Å². The van der Waals surface area contributed by atoms with Gasteiger partial charge in [0.2, 0.25) is 0 Å². The fourth-order valence-electron chi connectivity index (χ4n) is 1.53. The van der Waals surface area contributed by atoms with Crippen molar-refractivity contribution in [1.82, 2.24) is 9.97 Å². The van der Waals surface area contributed by atoms with Gasteiger partial charge in [-0.3, -0.25) is 0 Å². The quantitative estimate of drug-likeness (QED) is 0.664. The average Bonchev–Trinajstić information content (AvgIpc) is 2.73. The summed E-state index contributed by atoms with van der Waals surface area (Å²) in [7, 11) is 0. The monoisotopic (exact) mass is 262 g/mol. The number of nitrogens with one attached hydrogen (secondary N) is 1. The molecule has 98 valence electrons. The van der Waals surface area contributed by atoms with Gasteiger partial charge in [0.05, 0.1) is 12.1 Å². The van der Waals surface area contributed by atoms with Gasteiger partial charge in [0.25, 0.3) is 6.43 Å². The molecule has 0 unspecified atom stereocenters. The molecule has 1 N–H and O–H groups in total. The maximum absolute atomic E-state index is 13.3. The average molecular weight is 262 g/mol. The Morgan fingerprint density at radius 1 is 1.28 bits per heavy atom. The van der Waals surface area contributed by atoms with Crippen molar-refractivity contribution in [3.63, 3.8) is 0 Å². The molecular weight excluding hydrogens is 252 g/mol. The highest BCUT2D eigenvalue weighted by Gasteiger charge is 2.11. The van der Waals surface area contributed by atoms with Crippen molar-refractivity contribution >= 4 is 11.0 Å². The predicted octanol–water partition coefficient (Wildman–Crippen LogP) is 2.67. The molecule has 2 aromatic rings. The van der Waals surface area contributed by atoms with Gasteiger partial charge < -0.3 is 9.72 Å². The standard InChI is InChI=1S/C11H10F4N2O/c12-6-1-2-7-11(10(6)15)17-9(16-7)3-4-18-5-8(13)14/h1-2,8H,3-5H2,(H,16,17). The van der Waals surface area contributed by atoms with Gasteiger partial charge in [0.15, 0.2) is 11.6 Å². The summed E-state index contributed by atoms with van der Waals surface area (Å²) < 4.78 is 54.5. The number of H-pyrrole nitrogens is 1. The summed E-state index contributed by atoms with van der Waals surface area (Å²) in [5.74, 6) is -1.64. The van der Waals surface area contributed by atoms with Crippen LogP contribution in [-0.2, 0) is 11.2 Å². The molecule has 0 bridgehead atoms. The van der Waals surface area contributed by atoms with E-state index in [1.54, 1.807) is 0 Å². The Labute approximate surface area is 99.8 Å². The molecule has 2 rings (SSSR count). The highest BCUT2D eigenvalue weighted by Crippen LogP contribution is 2.18. The van der Waals surface area contributed by atoms with E-state index in [9.17, 15) is 17.6 Å². The third-order valence-electron chi connectivity index (χ3n) is 2.32. The second-order valence-corrected chi connectivity index (χ2v) is 3.66. The number of nitrogens with zero attached hydrogens (tertiary/aromatic N) is 1. The molecule has 0 aliphatic rings. The number of aromatic nitrogens is 2. The Kier molecular flexibility index (Phi) is 3.81. The fraction of sp³-hybridized carbons (Fsp3) is 0.364. The van der Waals surface area contributed by atoms with E-state index in [1.165, 1.54) is 6.07 Å². The number of rotatable bonds is 5. The van der Waals surface area contributed by atoms with E-state index in [0.29, 0.717) is 11.3 Å². The number of alkyl halides is 2. The second-order valence-electron chi connectivity index (χ2n) is 3.66. The molecule has 0 amide bonds. The maximum Gasteiger partial charge on any atom is 0.261 e. The van der Waals surface area contributed by atoms with Gasteiger partial charge in [-0.05, 0) is 12.1 Å². The van der Waals surface area contributed by atoms with Crippen LogP contribution in [0.4, 0.5) is 17.6 Å². The molecule has 0 spiro atoms. The van der Waals surface area contributed by atoms with E-state index in [0.717, 1.165) is 6.07 Å². The lowest BCUT2D eigenvalue weighted by atomic mass is 10.3. The van der Waals surface area contributed by atoms with Crippen LogP contribution in [0.2, 0.25) is 0 Å². The summed E-state index contributed by atoms with van der Waals surface area (Å²) in [4.78, 5) is 6.62. The molecule has 18 heavy (non-hydrogen) atoms. The van der Waals surface area contributed by atoms with Crippen LogP contribution in [0.3, 0.4) is 0 Å². The highest BCUT2D eigenvalue weighted by molar-refractivity contribution is 5.75. The first kappa shape index (κ1) is 12.8. The summed E-state index contributed by atoms with van der Waals surface area (Å²) in [5.41, 5.74) is 0.261. The molecule has 0 saturated carbocycles. The van der Waals surface area contributed by atoms with Crippen LogP contribution in [0.15, 0.2) is 12.1 Å². The minimum Gasteiger partial charge on any atom is -0.375 e. The predicted molar refractivity (Wildman–Crippen MR) is 56.5 cm³/mol. The zero-order chi connectivity index (χ0) is 13.1. The zero-order valence-electron chi connectivity index (χ0n) is 9.22. The van der Waals surface area contributed by atoms with E-state index >= 15 is 0 Å². The third-order valence-corrected chi connectivity index (χ3v) is 2.32. The number of fused-ring (bicyclic) bond motifs is 1. The molecule has 7 heteroatoms. The van der Waals surface area contributed by atoms with Crippen LogP contribution in [-0.4, -0.2) is 29.6 Å². The van der Waals surface area contributed by atoms with Crippen molar-refractivity contribution in [1.29, 1.82) is 0 Å². The second kappa shape index (κ2) is 5.34. The van der Waals surface area contributed by atoms with E-state index in [1.807, 2.05) is 0 Å². The van der Waals surface area contributed by atoms with Crippen LogP contribution in [0.1, 0.15) is 5.82 Å². The van der Waals surface area contributed by atoms with Crippen molar-refractivity contribution < 1.29 is 22.3 Å². The smallest absolute Gasteiger partial charge is 0.261 e. The molecule has 0 saturated heterocycles. The lowest BCUT2D eigenvalue weighted by Crippen LogP contribution is -2.07. The van der Waals surface area contributed by atoms with Crippen LogP contribution in [0.25, 0.3) is 11.0 Å². The van der Waals surface area contributed by atoms with Crippen LogP contribution >= 0.6 is 0 Å². The third kappa shape index (κ3) is 2.79. The molecule has 0 atom stereocenters. The number of benzene rings is 1. The van der Waals surface area contributed by atoms with Crippen molar-refractivity contribution in [2.45, 2.75) is 12.8 Å². The minimum absolute atomic E-state index is 0.0360. The van der Waals surface area contributed by atoms with Gasteiger partial charge in [0.1, 0.15) is 17.9 Å². The van der Waals surface area contributed by atoms with E-state index < -0.39 is 24.7 Å². The van der Waals surface area contributed by atoms with Gasteiger partial charge in [-0.25, -0.2) is 22.5 Å². The number of ether oxygens (including phenoxy) is 1. The van der Waals surface area contributed by atoms with Gasteiger partial charge >= 0.3 is 0 Å². The SMILES string of the molecule is Fc1ccc2[nH]c(CCOCC(F)F)nc2c1F. The maximum atomic E-state index is 13.3. The number of aromatic amines is 1. The lowest BCUT2D eigenvalue weighted by Gasteiger charge is -2.00. The first-order valence-corrected chi connectivity index (χ1v) is 5.26. The number of imidazole rings is 1. The number of hydrogen-bond acceptors (Lipinski definition) is 2. The van der Waals surface area contributed by atoms with Crippen LogP contribution < -0.4 is 0 Å². The summed E-state index contributed by atoms with van der Waals surface area (Å²) in [6, 6.07) is 2.36. The molecule has 3 nitrogen and oxygen atoms in total. The van der Waals surface area contributed by atoms with Crippen molar-refractivity contribution in [3.05, 3.63) is 29.6 Å². The Morgan fingerprint density at radius 3 is 2.78 bits per heavy atom. The molecule has 0 aliphatic heterocycles. The number of halogens is 4. The Bertz CT molecular complexity index is 541. The first-order chi connectivity index (χ1) is 8.58. The summed E-state index contributed by atoms with van der Waals surface area (Å²) in [6.07, 6.45) is -2.30. The summed E-state index contributed by atoms with van der Waals surface area (Å²) in [5, 5.41) is 0. The van der Waals surface area contributed by atoms with Crippen molar-refractivity contribution in [2.24, 2.45) is 0 Å². The summed E-state index contributed by atoms with van der Waals surface area (Å²) in [6.45, 7) is -0.614. The molecule has 0 radical (unpaired) electrons. The molecule has 1 aromatic heterocycles. The van der Waals surface area contributed by atoms with Crippen LogP contribution in [0.5, 0.6) is 0 Å². The Balaban J connectivity index is 2.04. The van der Waals surface area contributed by atoms with E-state index in [-0.39, 0.29) is 18.5 Å². The first-order valence-electron chi connectivity index (χ1n) is 5.26. The molecule has 1 aromatic carbocycles. The molecule has 1 heterocycles. The fourth-order valence-corrected chi connectivity index (χ4v) is 1.53. The Morgan fingerprint density at radius 2 is 2.06 bits per heavy atom. The minimum atomic E-state index is -2.52. The van der Waals surface area contributed by atoms with Crippen molar-refractivity contribution in [3.8, 4) is 0 Å². The molecule has 0 fully saturated rings. The largest absolute Gasteiger partial charge is 0.375 e. The zero-order valence-corrected chi connectivity index (χ0v) is 9.22. The molecule has 0 aliphatic carbocycles. The van der Waals surface area contributed by atoms with Gasteiger partial charge in [-0.1, -0.05) is 0 Å². The topological polar surface area (TPSA) is 37.9 Å². The van der Waals surface area contributed by atoms with Gasteiger partial charge in [0, 0.05) is 6.42 Å². The van der Waals surface area contributed by atoms with Crippen molar-refractivity contribution in [2.75, 3.05) is 13.2 Å². The van der Waals surface area contributed by atoms with Gasteiger partial charge in [-0.15, -0.1) is 0 Å². The normalized spacial score (nSPS) is 11.6. The lowest BCUT2D eigenvalue weighted by molar-refractivity contribution is 0.0183. The summed E-state index contributed by atoms with van der Waals surface area (Å²) >= 11 is 0.